The number of nitro groups is 1. The minimum Gasteiger partial charge on any atom is -0.508 e. The fourth-order valence-corrected chi connectivity index (χ4v) is 1.79. The molecule has 0 saturated carbocycles. The maximum Gasteiger partial charge on any atom is 0.273 e. The molecule has 112 valence electrons. The average molecular weight is 320 g/mol. The highest BCUT2D eigenvalue weighted by Gasteiger charge is 2.15. The zero-order valence-corrected chi connectivity index (χ0v) is 11.8. The van der Waals surface area contributed by atoms with Crippen molar-refractivity contribution >= 4 is 29.4 Å². The summed E-state index contributed by atoms with van der Waals surface area (Å²) >= 11 is 5.85. The number of halogens is 1. The van der Waals surface area contributed by atoms with Gasteiger partial charge in [0.2, 0.25) is 0 Å². The number of carbonyl (C=O) groups excluding carboxylic acids is 1. The molecule has 0 unspecified atom stereocenters. The molecular formula is C14H10ClN3O4. The Morgan fingerprint density at radius 1 is 1.27 bits per heavy atom. The lowest BCUT2D eigenvalue weighted by Crippen LogP contribution is -2.18. The number of nitrogens with zero attached hydrogens (tertiary/aromatic N) is 2. The Hall–Kier alpha value is -2.93. The smallest absolute Gasteiger partial charge is 0.273 e. The van der Waals surface area contributed by atoms with Gasteiger partial charge in [-0.15, -0.1) is 0 Å². The molecule has 0 atom stereocenters. The number of rotatable bonds is 4. The van der Waals surface area contributed by atoms with Crippen LogP contribution in [-0.2, 0) is 0 Å². The molecule has 0 spiro atoms. The van der Waals surface area contributed by atoms with Crippen LogP contribution in [0.3, 0.4) is 0 Å². The number of phenols is 1. The zero-order valence-electron chi connectivity index (χ0n) is 11.1. The van der Waals surface area contributed by atoms with Crippen LogP contribution < -0.4 is 5.43 Å². The van der Waals surface area contributed by atoms with Crippen molar-refractivity contribution in [2.24, 2.45) is 5.10 Å². The molecule has 0 aliphatic carbocycles. The molecule has 2 rings (SSSR count). The number of nitrogens with one attached hydrogen (secondary N) is 1. The summed E-state index contributed by atoms with van der Waals surface area (Å²) in [7, 11) is 0. The Bertz CT molecular complexity index is 744. The van der Waals surface area contributed by atoms with Crippen molar-refractivity contribution in [3.63, 3.8) is 0 Å². The highest BCUT2D eigenvalue weighted by Crippen LogP contribution is 2.21. The molecule has 2 aromatic rings. The van der Waals surface area contributed by atoms with Crippen LogP contribution >= 0.6 is 11.6 Å². The van der Waals surface area contributed by atoms with Gasteiger partial charge in [0.05, 0.1) is 21.7 Å². The van der Waals surface area contributed by atoms with E-state index in [2.05, 4.69) is 10.5 Å². The summed E-state index contributed by atoms with van der Waals surface area (Å²) in [4.78, 5) is 22.0. The van der Waals surface area contributed by atoms with Crippen molar-refractivity contribution in [1.29, 1.82) is 0 Å². The lowest BCUT2D eigenvalue weighted by molar-refractivity contribution is -0.384. The number of amides is 1. The first-order valence-corrected chi connectivity index (χ1v) is 6.41. The number of hydrogen-bond donors (Lipinski definition) is 2. The van der Waals surface area contributed by atoms with Crippen LogP contribution in [0, 0.1) is 10.1 Å². The van der Waals surface area contributed by atoms with E-state index in [0.717, 1.165) is 6.07 Å². The number of hydrogen-bond acceptors (Lipinski definition) is 5. The van der Waals surface area contributed by atoms with Crippen molar-refractivity contribution in [3.8, 4) is 5.75 Å². The van der Waals surface area contributed by atoms with Gasteiger partial charge in [-0.25, -0.2) is 5.43 Å². The molecule has 0 heterocycles. The van der Waals surface area contributed by atoms with Gasteiger partial charge in [-0.1, -0.05) is 11.6 Å². The normalized spacial score (nSPS) is 10.6. The van der Waals surface area contributed by atoms with Crippen LogP contribution in [0.15, 0.2) is 47.6 Å². The predicted molar refractivity (Wildman–Crippen MR) is 81.3 cm³/mol. The molecule has 1 amide bonds. The molecule has 0 aliphatic rings. The van der Waals surface area contributed by atoms with Crippen LogP contribution in [0.4, 0.5) is 5.69 Å². The van der Waals surface area contributed by atoms with Gasteiger partial charge in [0.1, 0.15) is 5.75 Å². The maximum atomic E-state index is 11.9. The van der Waals surface area contributed by atoms with E-state index in [4.69, 9.17) is 16.7 Å². The molecule has 0 aliphatic heterocycles. The molecule has 0 radical (unpaired) electrons. The summed E-state index contributed by atoms with van der Waals surface area (Å²) in [6, 6.07) is 9.71. The van der Waals surface area contributed by atoms with Crippen molar-refractivity contribution in [2.45, 2.75) is 0 Å². The van der Waals surface area contributed by atoms with Gasteiger partial charge in [0, 0.05) is 12.1 Å². The second-order valence-corrected chi connectivity index (χ2v) is 4.62. The molecule has 0 fully saturated rings. The van der Waals surface area contributed by atoms with Gasteiger partial charge in [0.15, 0.2) is 0 Å². The van der Waals surface area contributed by atoms with Crippen molar-refractivity contribution in [3.05, 3.63) is 68.7 Å². The van der Waals surface area contributed by atoms with E-state index in [9.17, 15) is 14.9 Å². The molecule has 2 N–H and O–H groups in total. The predicted octanol–water partition coefficient (Wildman–Crippen LogP) is 2.72. The van der Waals surface area contributed by atoms with Crippen LogP contribution in [0.1, 0.15) is 15.9 Å². The second-order valence-electron chi connectivity index (χ2n) is 4.21. The van der Waals surface area contributed by atoms with Gasteiger partial charge < -0.3 is 5.11 Å². The molecule has 0 bridgehead atoms. The molecule has 2 aromatic carbocycles. The molecule has 22 heavy (non-hydrogen) atoms. The lowest BCUT2D eigenvalue weighted by atomic mass is 10.2. The molecule has 0 saturated heterocycles. The van der Waals surface area contributed by atoms with Crippen LogP contribution in [-0.4, -0.2) is 22.2 Å². The minimum absolute atomic E-state index is 0.0428. The third kappa shape index (κ3) is 3.80. The number of phenolic OH excluding ortho intramolecular Hbond substituents is 1. The van der Waals surface area contributed by atoms with Crippen LogP contribution in [0.25, 0.3) is 0 Å². The van der Waals surface area contributed by atoms with Gasteiger partial charge in [0.25, 0.3) is 11.6 Å². The van der Waals surface area contributed by atoms with E-state index in [0.29, 0.717) is 5.56 Å². The van der Waals surface area contributed by atoms with Crippen molar-refractivity contribution < 1.29 is 14.8 Å². The number of non-ortho nitro benzene ring substituents is 1. The molecule has 8 heteroatoms. The first-order valence-electron chi connectivity index (χ1n) is 6.04. The summed E-state index contributed by atoms with van der Waals surface area (Å²) in [6.07, 6.45) is 1.36. The van der Waals surface area contributed by atoms with E-state index in [1.807, 2.05) is 0 Å². The number of aromatic hydroxyl groups is 1. The summed E-state index contributed by atoms with van der Waals surface area (Å²) in [5.41, 5.74) is 2.60. The van der Waals surface area contributed by atoms with E-state index >= 15 is 0 Å². The summed E-state index contributed by atoms with van der Waals surface area (Å²) in [5, 5.41) is 23.6. The van der Waals surface area contributed by atoms with Crippen LogP contribution in [0.5, 0.6) is 5.75 Å². The first-order chi connectivity index (χ1) is 10.5. The molecule has 0 aromatic heterocycles. The Kier molecular flexibility index (Phi) is 4.70. The highest BCUT2D eigenvalue weighted by atomic mass is 35.5. The largest absolute Gasteiger partial charge is 0.508 e. The average Bonchev–Trinajstić information content (AvgIpc) is 2.49. The standard InChI is InChI=1S/C14H10ClN3O4/c15-13-6-3-10(18(21)22)7-12(13)14(20)17-16-8-9-1-4-11(19)5-2-9/h1-8,19H,(H,17,20)/b16-8+. The Labute approximate surface area is 130 Å². The number of hydrazone groups is 1. The number of nitro benzene ring substituents is 1. The zero-order chi connectivity index (χ0) is 16.1. The fraction of sp³-hybridized carbons (Fsp3) is 0. The Morgan fingerprint density at radius 2 is 1.95 bits per heavy atom. The topological polar surface area (TPSA) is 105 Å². The second kappa shape index (κ2) is 6.68. The van der Waals surface area contributed by atoms with E-state index in [1.54, 1.807) is 12.1 Å². The summed E-state index contributed by atoms with van der Waals surface area (Å²) in [6.45, 7) is 0. The van der Waals surface area contributed by atoms with Gasteiger partial charge >= 0.3 is 0 Å². The van der Waals surface area contributed by atoms with E-state index < -0.39 is 10.8 Å². The van der Waals surface area contributed by atoms with E-state index in [1.165, 1.54) is 30.5 Å². The van der Waals surface area contributed by atoms with Gasteiger partial charge in [-0.2, -0.15) is 5.10 Å². The summed E-state index contributed by atoms with van der Waals surface area (Å²) < 4.78 is 0. The third-order valence-electron chi connectivity index (χ3n) is 2.68. The Morgan fingerprint density at radius 3 is 2.59 bits per heavy atom. The highest BCUT2D eigenvalue weighted by molar-refractivity contribution is 6.33. The summed E-state index contributed by atoms with van der Waals surface area (Å²) in [5.74, 6) is -0.548. The van der Waals surface area contributed by atoms with Crippen LogP contribution in [0.2, 0.25) is 5.02 Å². The first kappa shape index (κ1) is 15.5. The number of benzene rings is 2. The Balaban J connectivity index is 2.10. The van der Waals surface area contributed by atoms with Gasteiger partial charge in [-0.05, 0) is 35.9 Å². The lowest BCUT2D eigenvalue weighted by Gasteiger charge is -2.02. The quantitative estimate of drug-likeness (QED) is 0.513. The van der Waals surface area contributed by atoms with Crippen molar-refractivity contribution in [1.82, 2.24) is 5.43 Å². The fourth-order valence-electron chi connectivity index (χ4n) is 1.59. The molecule has 7 nitrogen and oxygen atoms in total. The SMILES string of the molecule is O=C(N/N=C/c1ccc(O)cc1)c1cc([N+](=O)[O-])ccc1Cl. The molecular weight excluding hydrogens is 310 g/mol. The van der Waals surface area contributed by atoms with Gasteiger partial charge in [-0.3, -0.25) is 14.9 Å². The monoisotopic (exact) mass is 319 g/mol. The van der Waals surface area contributed by atoms with E-state index in [-0.39, 0.29) is 22.0 Å². The maximum absolute atomic E-state index is 11.9. The number of carbonyl (C=O) groups is 1. The third-order valence-corrected chi connectivity index (χ3v) is 3.01. The van der Waals surface area contributed by atoms with Crippen molar-refractivity contribution in [2.75, 3.05) is 0 Å². The minimum atomic E-state index is -0.663.